The number of ether oxygens (including phenoxy) is 2. The number of nitrogens with zero attached hydrogens (tertiary/aromatic N) is 3. The maximum atomic E-state index is 9.32. The molecule has 0 spiro atoms. The molecule has 0 radical (unpaired) electrons. The molecular formula is C20H23N5O3. The van der Waals surface area contributed by atoms with E-state index in [9.17, 15) is 5.11 Å². The SMILES string of the molecule is COc1ccc(Nc2cc(-c3cccnc3)nc(N[C@H](C)CO)n2)cc1OC. The Labute approximate surface area is 163 Å². The van der Waals surface area contributed by atoms with Crippen LogP contribution in [0.25, 0.3) is 11.3 Å². The molecule has 1 aromatic carbocycles. The standard InChI is InChI=1S/C20H23N5O3/c1-13(12-26)22-20-24-16(14-5-4-8-21-11-14)10-19(25-20)23-15-6-7-17(27-2)18(9-15)28-3/h4-11,13,26H,12H2,1-3H3,(H2,22,23,24,25)/t13-/m1/s1. The Kier molecular flexibility index (Phi) is 6.23. The number of benzene rings is 1. The first-order valence-corrected chi connectivity index (χ1v) is 8.79. The Morgan fingerprint density at radius 2 is 1.89 bits per heavy atom. The van der Waals surface area contributed by atoms with E-state index in [1.165, 1.54) is 0 Å². The van der Waals surface area contributed by atoms with Gasteiger partial charge >= 0.3 is 0 Å². The molecule has 3 aromatic rings. The summed E-state index contributed by atoms with van der Waals surface area (Å²) < 4.78 is 10.6. The van der Waals surface area contributed by atoms with Crippen LogP contribution in [0.5, 0.6) is 11.5 Å². The highest BCUT2D eigenvalue weighted by atomic mass is 16.5. The van der Waals surface area contributed by atoms with Gasteiger partial charge in [0.05, 0.1) is 26.5 Å². The van der Waals surface area contributed by atoms with E-state index in [0.29, 0.717) is 29.0 Å². The number of nitrogens with one attached hydrogen (secondary N) is 2. The van der Waals surface area contributed by atoms with Gasteiger partial charge in [-0.2, -0.15) is 4.98 Å². The average Bonchev–Trinajstić information content (AvgIpc) is 2.74. The summed E-state index contributed by atoms with van der Waals surface area (Å²) in [6.07, 6.45) is 3.45. The largest absolute Gasteiger partial charge is 0.493 e. The summed E-state index contributed by atoms with van der Waals surface area (Å²) >= 11 is 0. The van der Waals surface area contributed by atoms with Gasteiger partial charge < -0.3 is 25.2 Å². The maximum absolute atomic E-state index is 9.32. The number of pyridine rings is 1. The second-order valence-electron chi connectivity index (χ2n) is 6.13. The molecule has 0 saturated carbocycles. The summed E-state index contributed by atoms with van der Waals surface area (Å²) in [6.45, 7) is 1.82. The van der Waals surface area contributed by atoms with E-state index in [2.05, 4.69) is 25.6 Å². The van der Waals surface area contributed by atoms with E-state index in [1.54, 1.807) is 26.6 Å². The van der Waals surface area contributed by atoms with E-state index in [4.69, 9.17) is 9.47 Å². The first kappa shape index (κ1) is 19.4. The molecule has 0 fully saturated rings. The van der Waals surface area contributed by atoms with Gasteiger partial charge in [-0.05, 0) is 31.2 Å². The molecule has 2 aromatic heterocycles. The van der Waals surface area contributed by atoms with Crippen molar-refractivity contribution in [3.05, 3.63) is 48.8 Å². The first-order valence-electron chi connectivity index (χ1n) is 8.79. The van der Waals surface area contributed by atoms with Gasteiger partial charge in [0.25, 0.3) is 0 Å². The van der Waals surface area contributed by atoms with Crippen LogP contribution in [0.4, 0.5) is 17.5 Å². The molecule has 146 valence electrons. The summed E-state index contributed by atoms with van der Waals surface area (Å²) in [5.41, 5.74) is 2.35. The quantitative estimate of drug-likeness (QED) is 0.547. The van der Waals surface area contributed by atoms with E-state index in [-0.39, 0.29) is 12.6 Å². The first-order chi connectivity index (χ1) is 13.6. The van der Waals surface area contributed by atoms with Crippen molar-refractivity contribution in [2.75, 3.05) is 31.5 Å². The fourth-order valence-corrected chi connectivity index (χ4v) is 2.57. The molecule has 3 N–H and O–H groups in total. The van der Waals surface area contributed by atoms with Crippen LogP contribution in [0.1, 0.15) is 6.92 Å². The molecule has 2 heterocycles. The molecule has 0 bridgehead atoms. The minimum absolute atomic E-state index is 0.0288. The Hall–Kier alpha value is -3.39. The minimum Gasteiger partial charge on any atom is -0.493 e. The minimum atomic E-state index is -0.182. The second-order valence-corrected chi connectivity index (χ2v) is 6.13. The number of methoxy groups -OCH3 is 2. The number of anilines is 3. The molecule has 8 nitrogen and oxygen atoms in total. The van der Waals surface area contributed by atoms with Crippen molar-refractivity contribution in [3.8, 4) is 22.8 Å². The summed E-state index contributed by atoms with van der Waals surface area (Å²) in [6, 6.07) is 10.9. The Morgan fingerprint density at radius 1 is 1.07 bits per heavy atom. The van der Waals surface area contributed by atoms with Crippen molar-refractivity contribution >= 4 is 17.5 Å². The van der Waals surface area contributed by atoms with Crippen LogP contribution in [-0.2, 0) is 0 Å². The summed E-state index contributed by atoms with van der Waals surface area (Å²) in [7, 11) is 3.18. The van der Waals surface area contributed by atoms with Gasteiger partial charge in [0.15, 0.2) is 11.5 Å². The monoisotopic (exact) mass is 381 g/mol. The zero-order chi connectivity index (χ0) is 19.9. The number of aromatic nitrogens is 3. The molecule has 0 unspecified atom stereocenters. The van der Waals surface area contributed by atoms with Crippen molar-refractivity contribution in [2.24, 2.45) is 0 Å². The number of rotatable bonds is 8. The molecule has 0 aliphatic rings. The van der Waals surface area contributed by atoms with Crippen molar-refractivity contribution in [1.29, 1.82) is 0 Å². The van der Waals surface area contributed by atoms with Crippen LogP contribution >= 0.6 is 0 Å². The Bertz CT molecular complexity index is 921. The van der Waals surface area contributed by atoms with Crippen LogP contribution in [0.2, 0.25) is 0 Å². The predicted octanol–water partition coefficient (Wildman–Crippen LogP) is 3.09. The molecule has 8 heteroatoms. The normalized spacial score (nSPS) is 11.6. The number of hydrogen-bond donors (Lipinski definition) is 3. The summed E-state index contributed by atoms with van der Waals surface area (Å²) in [4.78, 5) is 13.2. The van der Waals surface area contributed by atoms with E-state index >= 15 is 0 Å². The zero-order valence-electron chi connectivity index (χ0n) is 16.0. The molecule has 28 heavy (non-hydrogen) atoms. The third-order valence-corrected chi connectivity index (χ3v) is 3.99. The molecule has 0 aliphatic carbocycles. The number of hydrogen-bond acceptors (Lipinski definition) is 8. The van der Waals surface area contributed by atoms with E-state index in [0.717, 1.165) is 11.3 Å². The Balaban J connectivity index is 1.96. The van der Waals surface area contributed by atoms with E-state index in [1.807, 2.05) is 43.3 Å². The van der Waals surface area contributed by atoms with Gasteiger partial charge in [-0.3, -0.25) is 4.98 Å². The lowest BCUT2D eigenvalue weighted by Gasteiger charge is -2.15. The van der Waals surface area contributed by atoms with Crippen LogP contribution < -0.4 is 20.1 Å². The van der Waals surface area contributed by atoms with Crippen molar-refractivity contribution in [1.82, 2.24) is 15.0 Å². The third kappa shape index (κ3) is 4.66. The average molecular weight is 381 g/mol. The number of aliphatic hydroxyl groups excluding tert-OH is 1. The fraction of sp³-hybridized carbons (Fsp3) is 0.250. The smallest absolute Gasteiger partial charge is 0.225 e. The lowest BCUT2D eigenvalue weighted by molar-refractivity contribution is 0.281. The molecule has 3 rings (SSSR count). The Morgan fingerprint density at radius 3 is 2.57 bits per heavy atom. The maximum Gasteiger partial charge on any atom is 0.225 e. The molecular weight excluding hydrogens is 358 g/mol. The van der Waals surface area contributed by atoms with Crippen LogP contribution in [0.3, 0.4) is 0 Å². The lowest BCUT2D eigenvalue weighted by atomic mass is 10.2. The highest BCUT2D eigenvalue weighted by Gasteiger charge is 2.11. The molecule has 1 atom stereocenters. The molecule has 0 saturated heterocycles. The van der Waals surface area contributed by atoms with Gasteiger partial charge in [-0.1, -0.05) is 0 Å². The predicted molar refractivity (Wildman–Crippen MR) is 108 cm³/mol. The topological polar surface area (TPSA) is 101 Å². The van der Waals surface area contributed by atoms with Gasteiger partial charge in [-0.25, -0.2) is 4.98 Å². The highest BCUT2D eigenvalue weighted by Crippen LogP contribution is 2.31. The van der Waals surface area contributed by atoms with Gasteiger partial charge in [-0.15, -0.1) is 0 Å². The lowest BCUT2D eigenvalue weighted by Crippen LogP contribution is -2.21. The van der Waals surface area contributed by atoms with Gasteiger partial charge in [0.1, 0.15) is 5.82 Å². The third-order valence-electron chi connectivity index (χ3n) is 3.99. The van der Waals surface area contributed by atoms with Crippen molar-refractivity contribution in [3.63, 3.8) is 0 Å². The zero-order valence-corrected chi connectivity index (χ0v) is 16.0. The summed E-state index contributed by atoms with van der Waals surface area (Å²) in [5, 5.41) is 15.7. The molecule has 0 amide bonds. The van der Waals surface area contributed by atoms with Gasteiger partial charge in [0, 0.05) is 41.8 Å². The van der Waals surface area contributed by atoms with Crippen molar-refractivity contribution in [2.45, 2.75) is 13.0 Å². The van der Waals surface area contributed by atoms with Gasteiger partial charge in [0.2, 0.25) is 5.95 Å². The summed E-state index contributed by atoms with van der Waals surface area (Å²) in [5.74, 6) is 2.26. The molecule has 0 aliphatic heterocycles. The second kappa shape index (κ2) is 9.01. The number of aliphatic hydroxyl groups is 1. The van der Waals surface area contributed by atoms with Crippen LogP contribution in [0, 0.1) is 0 Å². The highest BCUT2D eigenvalue weighted by molar-refractivity contribution is 5.68. The fourth-order valence-electron chi connectivity index (χ4n) is 2.57. The van der Waals surface area contributed by atoms with Crippen LogP contribution in [-0.4, -0.2) is 46.9 Å². The van der Waals surface area contributed by atoms with E-state index < -0.39 is 0 Å². The van der Waals surface area contributed by atoms with Crippen LogP contribution in [0.15, 0.2) is 48.8 Å². The van der Waals surface area contributed by atoms with Crippen molar-refractivity contribution < 1.29 is 14.6 Å².